The molecular formula is C18H20N2O3S. The molecule has 2 aromatic carbocycles. The fraction of sp³-hybridized carbons (Fsp3) is 0.278. The Morgan fingerprint density at radius 2 is 1.67 bits per heavy atom. The maximum atomic E-state index is 12.7. The lowest BCUT2D eigenvalue weighted by atomic mass is 10.0. The molecule has 0 fully saturated rings. The van der Waals surface area contributed by atoms with E-state index in [0.29, 0.717) is 18.5 Å². The summed E-state index contributed by atoms with van der Waals surface area (Å²) in [7, 11) is -3.66. The van der Waals surface area contributed by atoms with Crippen molar-refractivity contribution in [2.24, 2.45) is 0 Å². The topological polar surface area (TPSA) is 75.3 Å². The van der Waals surface area contributed by atoms with Crippen LogP contribution >= 0.6 is 0 Å². The molecule has 0 aromatic heterocycles. The van der Waals surface area contributed by atoms with Crippen LogP contribution in [0.25, 0.3) is 0 Å². The Kier molecular flexibility index (Phi) is 4.09. The normalized spacial score (nSPS) is 14.0. The van der Waals surface area contributed by atoms with E-state index in [-0.39, 0.29) is 10.8 Å². The first-order valence-corrected chi connectivity index (χ1v) is 9.28. The van der Waals surface area contributed by atoms with Gasteiger partial charge in [0, 0.05) is 17.8 Å². The third kappa shape index (κ3) is 3.14. The van der Waals surface area contributed by atoms with Gasteiger partial charge in [-0.15, -0.1) is 0 Å². The van der Waals surface area contributed by atoms with Gasteiger partial charge in [-0.2, -0.15) is 0 Å². The van der Waals surface area contributed by atoms with E-state index in [9.17, 15) is 13.2 Å². The molecular weight excluding hydrogens is 324 g/mol. The molecule has 5 nitrogen and oxygen atoms in total. The van der Waals surface area contributed by atoms with Crippen molar-refractivity contribution in [3.05, 3.63) is 52.6 Å². The van der Waals surface area contributed by atoms with Crippen molar-refractivity contribution in [1.29, 1.82) is 0 Å². The van der Waals surface area contributed by atoms with Crippen LogP contribution in [0.5, 0.6) is 0 Å². The molecule has 0 spiro atoms. The van der Waals surface area contributed by atoms with Gasteiger partial charge in [0.2, 0.25) is 5.91 Å². The third-order valence-corrected chi connectivity index (χ3v) is 5.86. The second kappa shape index (κ2) is 5.94. The van der Waals surface area contributed by atoms with Crippen LogP contribution in [0.1, 0.15) is 28.7 Å². The molecule has 1 aliphatic heterocycles. The molecule has 1 amide bonds. The Morgan fingerprint density at radius 1 is 0.958 bits per heavy atom. The van der Waals surface area contributed by atoms with Gasteiger partial charge in [-0.25, -0.2) is 8.42 Å². The number of sulfonamides is 1. The minimum absolute atomic E-state index is 0.0124. The van der Waals surface area contributed by atoms with Gasteiger partial charge in [0.05, 0.1) is 4.90 Å². The smallest absolute Gasteiger partial charge is 0.262 e. The van der Waals surface area contributed by atoms with E-state index in [1.165, 1.54) is 0 Å². The number of fused-ring (bicyclic) bond motifs is 1. The number of nitrogens with one attached hydrogen (secondary N) is 2. The number of rotatable bonds is 3. The quantitative estimate of drug-likeness (QED) is 0.897. The van der Waals surface area contributed by atoms with Gasteiger partial charge in [0.25, 0.3) is 10.0 Å². The fourth-order valence-corrected chi connectivity index (χ4v) is 4.24. The summed E-state index contributed by atoms with van der Waals surface area (Å²) in [5.41, 5.74) is 4.91. The maximum Gasteiger partial charge on any atom is 0.262 e. The second-order valence-corrected chi connectivity index (χ2v) is 7.88. The van der Waals surface area contributed by atoms with Crippen LogP contribution in [0.2, 0.25) is 0 Å². The van der Waals surface area contributed by atoms with Gasteiger partial charge in [0.15, 0.2) is 0 Å². The summed E-state index contributed by atoms with van der Waals surface area (Å²) in [5.74, 6) is -0.0124. The summed E-state index contributed by atoms with van der Waals surface area (Å²) in [6, 6.07) is 8.76. The Bertz CT molecular complexity index is 934. The van der Waals surface area contributed by atoms with Crippen molar-refractivity contribution in [3.63, 3.8) is 0 Å². The number of carbonyl (C=O) groups excluding carboxylic acids is 1. The molecule has 6 heteroatoms. The van der Waals surface area contributed by atoms with Crippen molar-refractivity contribution < 1.29 is 13.2 Å². The first-order valence-electron chi connectivity index (χ1n) is 7.80. The van der Waals surface area contributed by atoms with Crippen LogP contribution in [0.15, 0.2) is 35.2 Å². The van der Waals surface area contributed by atoms with Crippen LogP contribution in [-0.4, -0.2) is 14.3 Å². The molecule has 0 aliphatic carbocycles. The molecule has 126 valence electrons. The largest absolute Gasteiger partial charge is 0.326 e. The zero-order valence-electron chi connectivity index (χ0n) is 13.9. The number of benzene rings is 2. The molecule has 1 heterocycles. The van der Waals surface area contributed by atoms with Gasteiger partial charge in [-0.05, 0) is 73.7 Å². The number of hydrogen-bond acceptors (Lipinski definition) is 3. The lowest BCUT2D eigenvalue weighted by molar-refractivity contribution is -0.116. The van der Waals surface area contributed by atoms with Crippen molar-refractivity contribution in [1.82, 2.24) is 0 Å². The SMILES string of the molecule is Cc1cc(C)c(S(=O)(=O)Nc2ccc3c(c2)CCC(=O)N3)cc1C. The highest BCUT2D eigenvalue weighted by Crippen LogP contribution is 2.28. The van der Waals surface area contributed by atoms with Crippen molar-refractivity contribution >= 4 is 27.3 Å². The van der Waals surface area contributed by atoms with Gasteiger partial charge < -0.3 is 5.32 Å². The highest BCUT2D eigenvalue weighted by atomic mass is 32.2. The molecule has 0 saturated heterocycles. The van der Waals surface area contributed by atoms with E-state index in [4.69, 9.17) is 0 Å². The van der Waals surface area contributed by atoms with Gasteiger partial charge in [0.1, 0.15) is 0 Å². The summed E-state index contributed by atoms with van der Waals surface area (Å²) in [6.45, 7) is 5.66. The molecule has 24 heavy (non-hydrogen) atoms. The van der Waals surface area contributed by atoms with E-state index in [1.807, 2.05) is 19.9 Å². The molecule has 0 saturated carbocycles. The zero-order chi connectivity index (χ0) is 17.5. The minimum Gasteiger partial charge on any atom is -0.326 e. The standard InChI is InChI=1S/C18H20N2O3S/c1-11-8-13(3)17(9-12(11)2)24(22,23)20-15-5-6-16-14(10-15)4-7-18(21)19-16/h5-6,8-10,20H,4,7H2,1-3H3,(H,19,21). The zero-order valence-corrected chi connectivity index (χ0v) is 14.8. The highest BCUT2D eigenvalue weighted by Gasteiger charge is 2.20. The predicted molar refractivity (Wildman–Crippen MR) is 94.9 cm³/mol. The number of aryl methyl sites for hydroxylation is 4. The lowest BCUT2D eigenvalue weighted by Crippen LogP contribution is -2.19. The van der Waals surface area contributed by atoms with Gasteiger partial charge >= 0.3 is 0 Å². The van der Waals surface area contributed by atoms with Crippen LogP contribution in [0.4, 0.5) is 11.4 Å². The molecule has 0 atom stereocenters. The van der Waals surface area contributed by atoms with E-state index >= 15 is 0 Å². The summed E-state index contributed by atoms with van der Waals surface area (Å²) < 4.78 is 28.1. The van der Waals surface area contributed by atoms with E-state index < -0.39 is 10.0 Å². The van der Waals surface area contributed by atoms with Gasteiger partial charge in [-0.1, -0.05) is 6.07 Å². The number of anilines is 2. The van der Waals surface area contributed by atoms with E-state index in [0.717, 1.165) is 27.9 Å². The first-order chi connectivity index (χ1) is 11.3. The monoisotopic (exact) mass is 344 g/mol. The Hall–Kier alpha value is -2.34. The Balaban J connectivity index is 1.93. The highest BCUT2D eigenvalue weighted by molar-refractivity contribution is 7.92. The summed E-state index contributed by atoms with van der Waals surface area (Å²) >= 11 is 0. The first kappa shape index (κ1) is 16.5. The van der Waals surface area contributed by atoms with Crippen LogP contribution in [-0.2, 0) is 21.2 Å². The molecule has 2 aromatic rings. The van der Waals surface area contributed by atoms with Crippen molar-refractivity contribution in [3.8, 4) is 0 Å². The Labute approximate surface area is 142 Å². The molecule has 0 bridgehead atoms. The van der Waals surface area contributed by atoms with E-state index in [1.54, 1.807) is 31.2 Å². The number of amides is 1. The molecule has 3 rings (SSSR count). The number of hydrogen-bond donors (Lipinski definition) is 2. The number of carbonyl (C=O) groups is 1. The third-order valence-electron chi connectivity index (χ3n) is 4.33. The fourth-order valence-electron chi connectivity index (χ4n) is 2.88. The maximum absolute atomic E-state index is 12.7. The van der Waals surface area contributed by atoms with Crippen LogP contribution < -0.4 is 10.0 Å². The lowest BCUT2D eigenvalue weighted by Gasteiger charge is -2.18. The second-order valence-electron chi connectivity index (χ2n) is 6.23. The molecule has 0 unspecified atom stereocenters. The van der Waals surface area contributed by atoms with Gasteiger partial charge in [-0.3, -0.25) is 9.52 Å². The summed E-state index contributed by atoms with van der Waals surface area (Å²) in [5, 5.41) is 2.79. The average Bonchev–Trinajstić information content (AvgIpc) is 2.50. The van der Waals surface area contributed by atoms with Crippen molar-refractivity contribution in [2.45, 2.75) is 38.5 Å². The summed E-state index contributed by atoms with van der Waals surface area (Å²) in [6.07, 6.45) is 1.03. The minimum atomic E-state index is -3.66. The molecule has 1 aliphatic rings. The van der Waals surface area contributed by atoms with Crippen molar-refractivity contribution in [2.75, 3.05) is 10.0 Å². The van der Waals surface area contributed by atoms with E-state index in [2.05, 4.69) is 10.0 Å². The molecule has 2 N–H and O–H groups in total. The van der Waals surface area contributed by atoms with Crippen LogP contribution in [0, 0.1) is 20.8 Å². The average molecular weight is 344 g/mol. The predicted octanol–water partition coefficient (Wildman–Crippen LogP) is 3.30. The van der Waals surface area contributed by atoms with Crippen LogP contribution in [0.3, 0.4) is 0 Å². The molecule has 0 radical (unpaired) electrons. The Morgan fingerprint density at radius 3 is 2.42 bits per heavy atom. The summed E-state index contributed by atoms with van der Waals surface area (Å²) in [4.78, 5) is 11.7.